The van der Waals surface area contributed by atoms with Crippen LogP contribution in [0.25, 0.3) is 0 Å². The number of nitrogens with zero attached hydrogens (tertiary/aromatic N) is 2. The van der Waals surface area contributed by atoms with E-state index in [9.17, 15) is 9.59 Å². The Morgan fingerprint density at radius 3 is 2.67 bits per heavy atom. The number of hydrogen-bond donors (Lipinski definition) is 1. The highest BCUT2D eigenvalue weighted by molar-refractivity contribution is 6.33. The van der Waals surface area contributed by atoms with E-state index >= 15 is 0 Å². The molecule has 1 saturated heterocycles. The number of para-hydroxylation sites is 1. The molecule has 1 atom stereocenters. The second-order valence-corrected chi connectivity index (χ2v) is 6.57. The first-order valence-electron chi connectivity index (χ1n) is 8.60. The minimum atomic E-state index is -0.262. The van der Waals surface area contributed by atoms with Gasteiger partial charge in [-0.3, -0.25) is 14.5 Å². The molecule has 1 aliphatic rings. The number of amides is 2. The number of carbonyl (C=O) groups excluding carboxylic acids is 2. The van der Waals surface area contributed by atoms with Gasteiger partial charge in [0, 0.05) is 32.6 Å². The first-order valence-corrected chi connectivity index (χ1v) is 8.98. The van der Waals surface area contributed by atoms with Crippen LogP contribution in [-0.2, 0) is 9.59 Å². The molecule has 1 aromatic rings. The Bertz CT molecular complexity index is 579. The van der Waals surface area contributed by atoms with Gasteiger partial charge >= 0.3 is 0 Å². The van der Waals surface area contributed by atoms with Crippen molar-refractivity contribution >= 4 is 29.1 Å². The topological polar surface area (TPSA) is 52.7 Å². The molecule has 132 valence electrons. The van der Waals surface area contributed by atoms with E-state index in [1.165, 1.54) is 0 Å². The Kier molecular flexibility index (Phi) is 7.06. The van der Waals surface area contributed by atoms with Crippen LogP contribution in [0.15, 0.2) is 24.3 Å². The number of benzene rings is 1. The fourth-order valence-corrected chi connectivity index (χ4v) is 3.09. The van der Waals surface area contributed by atoms with Gasteiger partial charge in [0.2, 0.25) is 11.8 Å². The molecule has 24 heavy (non-hydrogen) atoms. The van der Waals surface area contributed by atoms with E-state index in [4.69, 9.17) is 11.6 Å². The molecule has 1 aromatic carbocycles. The highest BCUT2D eigenvalue weighted by Gasteiger charge is 2.25. The highest BCUT2D eigenvalue weighted by atomic mass is 35.5. The van der Waals surface area contributed by atoms with Gasteiger partial charge in [-0.25, -0.2) is 0 Å². The van der Waals surface area contributed by atoms with Crippen molar-refractivity contribution in [1.29, 1.82) is 0 Å². The summed E-state index contributed by atoms with van der Waals surface area (Å²) in [4.78, 5) is 28.6. The summed E-state index contributed by atoms with van der Waals surface area (Å²) in [5.74, 6) is 0.143. The fraction of sp³-hybridized carbons (Fsp3) is 0.556. The SMILES string of the molecule is CCCC(=O)N1CCCN(C(C)C(=O)Nc2ccccc2Cl)CC1. The Morgan fingerprint density at radius 2 is 1.96 bits per heavy atom. The summed E-state index contributed by atoms with van der Waals surface area (Å²) in [5, 5.41) is 3.42. The number of halogens is 1. The maximum Gasteiger partial charge on any atom is 0.241 e. The lowest BCUT2D eigenvalue weighted by molar-refractivity contribution is -0.131. The molecule has 5 nitrogen and oxygen atoms in total. The van der Waals surface area contributed by atoms with Crippen LogP contribution in [-0.4, -0.2) is 53.8 Å². The molecule has 2 amide bonds. The van der Waals surface area contributed by atoms with Crippen molar-refractivity contribution in [1.82, 2.24) is 9.80 Å². The van der Waals surface area contributed by atoms with E-state index in [2.05, 4.69) is 10.2 Å². The molecule has 0 aromatic heterocycles. The summed E-state index contributed by atoms with van der Waals surface area (Å²) in [5.41, 5.74) is 0.630. The number of carbonyl (C=O) groups is 2. The molecular formula is C18H26ClN3O2. The van der Waals surface area contributed by atoms with E-state index in [0.717, 1.165) is 25.9 Å². The Balaban J connectivity index is 1.92. The Morgan fingerprint density at radius 1 is 1.21 bits per heavy atom. The van der Waals surface area contributed by atoms with E-state index in [1.807, 2.05) is 30.9 Å². The standard InChI is InChI=1S/C18H26ClN3O2/c1-3-7-17(23)22-11-6-10-21(12-13-22)14(2)18(24)20-16-9-5-4-8-15(16)19/h4-5,8-9,14H,3,6-7,10-13H2,1-2H3,(H,20,24). The minimum Gasteiger partial charge on any atom is -0.341 e. The predicted octanol–water partition coefficient (Wildman–Crippen LogP) is 3.00. The molecule has 0 spiro atoms. The molecule has 6 heteroatoms. The average Bonchev–Trinajstić information content (AvgIpc) is 2.82. The summed E-state index contributed by atoms with van der Waals surface area (Å²) in [6.45, 7) is 6.90. The van der Waals surface area contributed by atoms with Gasteiger partial charge in [0.15, 0.2) is 0 Å². The van der Waals surface area contributed by atoms with E-state index < -0.39 is 0 Å². The molecular weight excluding hydrogens is 326 g/mol. The zero-order chi connectivity index (χ0) is 17.5. The van der Waals surface area contributed by atoms with Gasteiger partial charge < -0.3 is 10.2 Å². The van der Waals surface area contributed by atoms with Crippen LogP contribution in [0, 0.1) is 0 Å². The summed E-state index contributed by atoms with van der Waals surface area (Å²) in [7, 11) is 0. The van der Waals surface area contributed by atoms with Gasteiger partial charge in [0.05, 0.1) is 16.8 Å². The monoisotopic (exact) mass is 351 g/mol. The van der Waals surface area contributed by atoms with Crippen molar-refractivity contribution in [3.8, 4) is 0 Å². The normalized spacial score (nSPS) is 17.2. The third kappa shape index (κ3) is 4.95. The quantitative estimate of drug-likeness (QED) is 0.887. The largest absolute Gasteiger partial charge is 0.341 e. The van der Waals surface area contributed by atoms with Gasteiger partial charge in [-0.15, -0.1) is 0 Å². The average molecular weight is 352 g/mol. The van der Waals surface area contributed by atoms with Gasteiger partial charge in [-0.1, -0.05) is 30.7 Å². The summed E-state index contributed by atoms with van der Waals surface area (Å²) in [6.07, 6.45) is 2.36. The third-order valence-electron chi connectivity index (χ3n) is 4.41. The van der Waals surface area contributed by atoms with Crippen LogP contribution in [0.3, 0.4) is 0 Å². The maximum atomic E-state index is 12.5. The van der Waals surface area contributed by atoms with Gasteiger partial charge in [0.25, 0.3) is 0 Å². The van der Waals surface area contributed by atoms with Gasteiger partial charge in [-0.2, -0.15) is 0 Å². The van der Waals surface area contributed by atoms with E-state index in [0.29, 0.717) is 30.2 Å². The first kappa shape index (κ1) is 18.7. The zero-order valence-corrected chi connectivity index (χ0v) is 15.2. The van der Waals surface area contributed by atoms with E-state index in [1.54, 1.807) is 12.1 Å². The Hall–Kier alpha value is -1.59. The number of nitrogens with one attached hydrogen (secondary N) is 1. The van der Waals surface area contributed by atoms with Crippen LogP contribution in [0.4, 0.5) is 5.69 Å². The molecule has 1 heterocycles. The highest BCUT2D eigenvalue weighted by Crippen LogP contribution is 2.21. The molecule has 2 rings (SSSR count). The molecule has 0 radical (unpaired) electrons. The third-order valence-corrected chi connectivity index (χ3v) is 4.74. The molecule has 0 aliphatic carbocycles. The van der Waals surface area contributed by atoms with Crippen LogP contribution >= 0.6 is 11.6 Å². The number of hydrogen-bond acceptors (Lipinski definition) is 3. The second-order valence-electron chi connectivity index (χ2n) is 6.17. The van der Waals surface area contributed by atoms with Crippen molar-refractivity contribution < 1.29 is 9.59 Å². The molecule has 0 bridgehead atoms. The van der Waals surface area contributed by atoms with Crippen molar-refractivity contribution in [3.05, 3.63) is 29.3 Å². The van der Waals surface area contributed by atoms with Crippen LogP contribution in [0.2, 0.25) is 5.02 Å². The summed E-state index contributed by atoms with van der Waals surface area (Å²) < 4.78 is 0. The van der Waals surface area contributed by atoms with E-state index in [-0.39, 0.29) is 17.9 Å². The van der Waals surface area contributed by atoms with Crippen LogP contribution in [0.1, 0.15) is 33.1 Å². The molecule has 1 aliphatic heterocycles. The van der Waals surface area contributed by atoms with Crippen molar-refractivity contribution in [3.63, 3.8) is 0 Å². The molecule has 0 saturated carbocycles. The lowest BCUT2D eigenvalue weighted by Crippen LogP contribution is -2.44. The maximum absolute atomic E-state index is 12.5. The van der Waals surface area contributed by atoms with Crippen molar-refractivity contribution in [2.45, 2.75) is 39.2 Å². The zero-order valence-electron chi connectivity index (χ0n) is 14.4. The van der Waals surface area contributed by atoms with Crippen LogP contribution in [0.5, 0.6) is 0 Å². The lowest BCUT2D eigenvalue weighted by Gasteiger charge is -2.27. The number of anilines is 1. The minimum absolute atomic E-state index is 0.0727. The molecule has 1 N–H and O–H groups in total. The molecule has 1 fully saturated rings. The molecule has 1 unspecified atom stereocenters. The number of rotatable bonds is 5. The fourth-order valence-electron chi connectivity index (χ4n) is 2.91. The summed E-state index contributed by atoms with van der Waals surface area (Å²) >= 11 is 6.10. The second kappa shape index (κ2) is 9.04. The van der Waals surface area contributed by atoms with Crippen molar-refractivity contribution in [2.75, 3.05) is 31.5 Å². The predicted molar refractivity (Wildman–Crippen MR) is 97.2 cm³/mol. The van der Waals surface area contributed by atoms with Crippen molar-refractivity contribution in [2.24, 2.45) is 0 Å². The van der Waals surface area contributed by atoms with Gasteiger partial charge in [0.1, 0.15) is 0 Å². The smallest absolute Gasteiger partial charge is 0.241 e. The first-order chi connectivity index (χ1) is 11.5. The Labute approximate surface area is 149 Å². The summed E-state index contributed by atoms with van der Waals surface area (Å²) in [6, 6.07) is 6.96. The lowest BCUT2D eigenvalue weighted by atomic mass is 10.2. The van der Waals surface area contributed by atoms with Gasteiger partial charge in [-0.05, 0) is 31.9 Å². The van der Waals surface area contributed by atoms with Crippen LogP contribution < -0.4 is 5.32 Å².